The monoisotopic (exact) mass is 511 g/mol. The van der Waals surface area contributed by atoms with E-state index in [0.717, 1.165) is 31.2 Å². The Labute approximate surface area is 214 Å². The topological polar surface area (TPSA) is 148 Å². The number of rotatable bonds is 10. The molecular weight excluding hydrogens is 478 g/mol. The summed E-state index contributed by atoms with van der Waals surface area (Å²) in [6.45, 7) is 2.23. The molecule has 1 saturated carbocycles. The molecule has 3 aromatic rings. The van der Waals surface area contributed by atoms with E-state index in [9.17, 15) is 14.7 Å². The smallest absolute Gasteiger partial charge is 0.255 e. The van der Waals surface area contributed by atoms with E-state index in [-0.39, 0.29) is 23.9 Å². The number of aromatic nitrogens is 3. The van der Waals surface area contributed by atoms with Crippen molar-refractivity contribution in [1.82, 2.24) is 25.6 Å². The molecule has 2 aromatic heterocycles. The van der Waals surface area contributed by atoms with Gasteiger partial charge in [-0.2, -0.15) is 0 Å². The Morgan fingerprint density at radius 2 is 1.84 bits per heavy atom. The molecule has 1 fully saturated rings. The maximum Gasteiger partial charge on any atom is 0.255 e. The van der Waals surface area contributed by atoms with E-state index in [2.05, 4.69) is 25.6 Å². The van der Waals surface area contributed by atoms with Crippen molar-refractivity contribution in [2.45, 2.75) is 50.8 Å². The number of hydrogen-bond donors (Lipinski definition) is 4. The highest BCUT2D eigenvalue weighted by atomic mass is 16.5. The minimum absolute atomic E-state index is 0.00319. The Morgan fingerprint density at radius 3 is 2.51 bits per heavy atom. The third-order valence-corrected chi connectivity index (χ3v) is 6.49. The molecule has 1 aliphatic carbocycles. The zero-order valence-electron chi connectivity index (χ0n) is 21.2. The second-order valence-electron chi connectivity index (χ2n) is 9.06. The van der Waals surface area contributed by atoms with Crippen LogP contribution in [0.1, 0.15) is 43.0 Å². The van der Waals surface area contributed by atoms with Crippen LogP contribution in [-0.4, -0.2) is 77.5 Å². The Hall–Kier alpha value is -3.70. The van der Waals surface area contributed by atoms with Crippen LogP contribution in [0.3, 0.4) is 0 Å². The number of ether oxygens (including phenoxy) is 3. The summed E-state index contributed by atoms with van der Waals surface area (Å²) < 4.78 is 16.4. The van der Waals surface area contributed by atoms with Gasteiger partial charge in [-0.1, -0.05) is 0 Å². The molecule has 2 heterocycles. The number of aliphatic hydroxyl groups is 1. The van der Waals surface area contributed by atoms with E-state index in [1.54, 1.807) is 26.5 Å². The molecule has 0 radical (unpaired) electrons. The summed E-state index contributed by atoms with van der Waals surface area (Å²) in [5.74, 6) is 0.633. The van der Waals surface area contributed by atoms with Gasteiger partial charge in [0.15, 0.2) is 0 Å². The van der Waals surface area contributed by atoms with Crippen molar-refractivity contribution in [3.8, 4) is 22.8 Å². The number of H-pyrrole nitrogens is 1. The van der Waals surface area contributed by atoms with Gasteiger partial charge in [0.05, 0.1) is 24.8 Å². The maximum absolute atomic E-state index is 13.2. The first-order valence-electron chi connectivity index (χ1n) is 12.3. The number of aromatic amines is 1. The molecule has 198 valence electrons. The molecule has 0 spiro atoms. The summed E-state index contributed by atoms with van der Waals surface area (Å²) in [6.07, 6.45) is 4.96. The first-order valence-corrected chi connectivity index (χ1v) is 12.3. The normalized spacial score (nSPS) is 18.3. The first kappa shape index (κ1) is 26.4. The molecule has 1 aromatic carbocycles. The second-order valence-corrected chi connectivity index (χ2v) is 9.06. The number of hydrogen-bond acceptors (Lipinski definition) is 8. The number of aliphatic hydroxyl groups excluding tert-OH is 1. The van der Waals surface area contributed by atoms with E-state index < -0.39 is 6.10 Å². The zero-order valence-corrected chi connectivity index (χ0v) is 21.2. The number of carbonyl (C=O) groups is 2. The molecule has 1 aliphatic rings. The van der Waals surface area contributed by atoms with Crippen LogP contribution >= 0.6 is 0 Å². The number of amides is 2. The predicted molar refractivity (Wildman–Crippen MR) is 137 cm³/mol. The van der Waals surface area contributed by atoms with Crippen molar-refractivity contribution < 1.29 is 28.9 Å². The molecule has 11 nitrogen and oxygen atoms in total. The molecule has 37 heavy (non-hydrogen) atoms. The minimum Gasteiger partial charge on any atom is -0.497 e. The largest absolute Gasteiger partial charge is 0.497 e. The molecule has 1 atom stereocenters. The second kappa shape index (κ2) is 12.0. The number of methoxy groups -OCH3 is 2. The van der Waals surface area contributed by atoms with Gasteiger partial charge in [-0.3, -0.25) is 9.59 Å². The number of nitrogens with zero attached hydrogens (tertiary/aromatic N) is 2. The van der Waals surface area contributed by atoms with Crippen molar-refractivity contribution in [2.75, 3.05) is 27.4 Å². The van der Waals surface area contributed by atoms with Crippen LogP contribution < -0.4 is 20.1 Å². The molecule has 0 bridgehead atoms. The third-order valence-electron chi connectivity index (χ3n) is 6.49. The van der Waals surface area contributed by atoms with Gasteiger partial charge in [0, 0.05) is 37.0 Å². The Balaban J connectivity index is 1.50. The average molecular weight is 512 g/mol. The lowest BCUT2D eigenvalue weighted by molar-refractivity contribution is -0.129. The summed E-state index contributed by atoms with van der Waals surface area (Å²) in [4.78, 5) is 36.9. The highest BCUT2D eigenvalue weighted by Crippen LogP contribution is 2.36. The summed E-state index contributed by atoms with van der Waals surface area (Å²) in [6, 6.07) is 5.46. The third kappa shape index (κ3) is 6.17. The van der Waals surface area contributed by atoms with Gasteiger partial charge in [0.2, 0.25) is 5.91 Å². The lowest BCUT2D eigenvalue weighted by Crippen LogP contribution is -2.45. The summed E-state index contributed by atoms with van der Waals surface area (Å²) in [5.41, 5.74) is 2.90. The van der Waals surface area contributed by atoms with Crippen molar-refractivity contribution in [2.24, 2.45) is 0 Å². The van der Waals surface area contributed by atoms with Gasteiger partial charge in [0.25, 0.3) is 5.91 Å². The highest BCUT2D eigenvalue weighted by Gasteiger charge is 2.26. The molecule has 2 amide bonds. The fourth-order valence-corrected chi connectivity index (χ4v) is 4.46. The number of fused-ring (bicyclic) bond motifs is 1. The maximum atomic E-state index is 13.2. The number of carbonyl (C=O) groups excluding carboxylic acids is 2. The van der Waals surface area contributed by atoms with Gasteiger partial charge >= 0.3 is 0 Å². The van der Waals surface area contributed by atoms with Gasteiger partial charge in [-0.05, 0) is 44.7 Å². The summed E-state index contributed by atoms with van der Waals surface area (Å²) in [7, 11) is 3.20. The van der Waals surface area contributed by atoms with E-state index >= 15 is 0 Å². The minimum atomic E-state index is -1.03. The molecule has 0 saturated heterocycles. The van der Waals surface area contributed by atoms with E-state index in [4.69, 9.17) is 14.2 Å². The van der Waals surface area contributed by atoms with Gasteiger partial charge in [-0.25, -0.2) is 9.97 Å². The van der Waals surface area contributed by atoms with Crippen LogP contribution in [0.2, 0.25) is 0 Å². The SMILES string of the molecule is COCCOc1cc(OC)ccc1-c1ncnc2c(C(=O)N[C@H]3CC[C@H](NC(=O)[C@H](C)O)CC3)c[nH]c12. The average Bonchev–Trinajstić information content (AvgIpc) is 3.34. The standard InChI is InChI=1S/C26H33N5O6/c1-15(32)25(33)30-16-4-6-17(7-5-16)31-26(34)20-13-27-24-22(28-14-29-23(20)24)19-9-8-18(36-3)12-21(19)37-11-10-35-2/h8-9,12-17,27,32H,4-7,10-11H2,1-3H3,(H,30,33)(H,31,34)/t15-,16-,17-/m0/s1. The summed E-state index contributed by atoms with van der Waals surface area (Å²) >= 11 is 0. The van der Waals surface area contributed by atoms with Crippen LogP contribution in [0.5, 0.6) is 11.5 Å². The van der Waals surface area contributed by atoms with Gasteiger partial charge in [0.1, 0.15) is 41.7 Å². The van der Waals surface area contributed by atoms with Crippen LogP contribution in [-0.2, 0) is 9.53 Å². The highest BCUT2D eigenvalue weighted by molar-refractivity contribution is 6.08. The van der Waals surface area contributed by atoms with Crippen molar-refractivity contribution in [3.05, 3.63) is 36.3 Å². The first-order chi connectivity index (χ1) is 17.9. The Morgan fingerprint density at radius 1 is 1.11 bits per heavy atom. The lowest BCUT2D eigenvalue weighted by atomic mass is 9.91. The molecule has 11 heteroatoms. The molecular formula is C26H33N5O6. The van der Waals surface area contributed by atoms with Crippen molar-refractivity contribution in [3.63, 3.8) is 0 Å². The lowest BCUT2D eigenvalue weighted by Gasteiger charge is -2.29. The van der Waals surface area contributed by atoms with Crippen LogP contribution in [0.25, 0.3) is 22.3 Å². The Kier molecular flexibility index (Phi) is 8.57. The van der Waals surface area contributed by atoms with Gasteiger partial charge < -0.3 is 34.9 Å². The molecule has 4 N–H and O–H groups in total. The summed E-state index contributed by atoms with van der Waals surface area (Å²) in [5, 5.41) is 15.3. The fourth-order valence-electron chi connectivity index (χ4n) is 4.46. The number of nitrogens with one attached hydrogen (secondary N) is 3. The van der Waals surface area contributed by atoms with Crippen LogP contribution in [0.15, 0.2) is 30.7 Å². The zero-order chi connectivity index (χ0) is 26.4. The van der Waals surface area contributed by atoms with Crippen LogP contribution in [0, 0.1) is 0 Å². The van der Waals surface area contributed by atoms with Crippen LogP contribution in [0.4, 0.5) is 0 Å². The van der Waals surface area contributed by atoms with E-state index in [0.29, 0.717) is 47.0 Å². The molecule has 4 rings (SSSR count). The van der Waals surface area contributed by atoms with E-state index in [1.165, 1.54) is 13.3 Å². The molecule has 0 unspecified atom stereocenters. The van der Waals surface area contributed by atoms with E-state index in [1.807, 2.05) is 12.1 Å². The quantitative estimate of drug-likeness (QED) is 0.303. The van der Waals surface area contributed by atoms with Crippen molar-refractivity contribution in [1.29, 1.82) is 0 Å². The number of benzene rings is 1. The predicted octanol–water partition coefficient (Wildman–Crippen LogP) is 2.20. The van der Waals surface area contributed by atoms with Crippen molar-refractivity contribution >= 4 is 22.8 Å². The Bertz CT molecular complexity index is 1240. The fraction of sp³-hybridized carbons (Fsp3) is 0.462. The van der Waals surface area contributed by atoms with Gasteiger partial charge in [-0.15, -0.1) is 0 Å². The molecule has 0 aliphatic heterocycles.